The van der Waals surface area contributed by atoms with E-state index in [-0.39, 0.29) is 0 Å². The van der Waals surface area contributed by atoms with Crippen LogP contribution in [0.2, 0.25) is 0 Å². The molecule has 1 atom stereocenters. The van der Waals surface area contributed by atoms with Crippen LogP contribution in [-0.4, -0.2) is 17.0 Å². The van der Waals surface area contributed by atoms with Crippen molar-refractivity contribution in [2.24, 2.45) is 5.73 Å². The maximum Gasteiger partial charge on any atom is 0.0171 e. The van der Waals surface area contributed by atoms with E-state index in [1.54, 1.807) is 0 Å². The average molecular weight is 263 g/mol. The maximum atomic E-state index is 6.23. The lowest BCUT2D eigenvalue weighted by Gasteiger charge is -2.14. The molecule has 100 valence electrons. The van der Waals surface area contributed by atoms with E-state index >= 15 is 0 Å². The first-order valence-electron chi connectivity index (χ1n) is 7.23. The Hall–Kier alpha value is -0.470. The van der Waals surface area contributed by atoms with Crippen molar-refractivity contribution in [2.75, 3.05) is 5.75 Å². The first kappa shape index (κ1) is 14.0. The van der Waals surface area contributed by atoms with Crippen molar-refractivity contribution in [3.05, 3.63) is 35.4 Å². The third kappa shape index (κ3) is 4.33. The molecular weight excluding hydrogens is 238 g/mol. The highest BCUT2D eigenvalue weighted by molar-refractivity contribution is 7.99. The van der Waals surface area contributed by atoms with Gasteiger partial charge >= 0.3 is 0 Å². The first-order valence-corrected chi connectivity index (χ1v) is 8.28. The van der Waals surface area contributed by atoms with Crippen LogP contribution in [0, 0.1) is 0 Å². The lowest BCUT2D eigenvalue weighted by molar-refractivity contribution is 0.744. The molecule has 2 rings (SSSR count). The van der Waals surface area contributed by atoms with Gasteiger partial charge in [-0.15, -0.1) is 0 Å². The van der Waals surface area contributed by atoms with Crippen LogP contribution >= 0.6 is 11.8 Å². The molecule has 1 aliphatic carbocycles. The van der Waals surface area contributed by atoms with E-state index in [0.29, 0.717) is 6.04 Å². The van der Waals surface area contributed by atoms with Gasteiger partial charge in [-0.3, -0.25) is 0 Å². The lowest BCUT2D eigenvalue weighted by atomic mass is 10.0. The van der Waals surface area contributed by atoms with Crippen molar-refractivity contribution >= 4 is 11.8 Å². The molecule has 1 aromatic carbocycles. The van der Waals surface area contributed by atoms with Crippen molar-refractivity contribution in [2.45, 2.75) is 56.7 Å². The highest BCUT2D eigenvalue weighted by Crippen LogP contribution is 2.29. The van der Waals surface area contributed by atoms with Gasteiger partial charge in [0.15, 0.2) is 0 Å². The van der Waals surface area contributed by atoms with Crippen molar-refractivity contribution in [1.29, 1.82) is 0 Å². The zero-order valence-electron chi connectivity index (χ0n) is 11.4. The van der Waals surface area contributed by atoms with Gasteiger partial charge in [0.1, 0.15) is 0 Å². The molecule has 1 aliphatic rings. The molecular formula is C16H25NS. The SMILES string of the molecule is CCc1ccc(CC(N)CSC2CCCC2)cc1. The van der Waals surface area contributed by atoms with Crippen LogP contribution in [0.15, 0.2) is 24.3 Å². The zero-order chi connectivity index (χ0) is 12.8. The van der Waals surface area contributed by atoms with E-state index in [2.05, 4.69) is 43.0 Å². The Kier molecular flexibility index (Phi) is 5.58. The Morgan fingerprint density at radius 1 is 1.17 bits per heavy atom. The fourth-order valence-corrected chi connectivity index (χ4v) is 3.89. The highest BCUT2D eigenvalue weighted by Gasteiger charge is 2.16. The fourth-order valence-electron chi connectivity index (χ4n) is 2.59. The predicted molar refractivity (Wildman–Crippen MR) is 82.2 cm³/mol. The second-order valence-electron chi connectivity index (χ2n) is 5.37. The molecule has 1 aromatic rings. The minimum atomic E-state index is 0.308. The minimum Gasteiger partial charge on any atom is -0.327 e. The quantitative estimate of drug-likeness (QED) is 0.845. The van der Waals surface area contributed by atoms with Gasteiger partial charge in [-0.2, -0.15) is 11.8 Å². The van der Waals surface area contributed by atoms with Crippen LogP contribution in [0.1, 0.15) is 43.7 Å². The molecule has 0 amide bonds. The average Bonchev–Trinajstić information content (AvgIpc) is 2.90. The molecule has 0 saturated heterocycles. The third-order valence-electron chi connectivity index (χ3n) is 3.78. The van der Waals surface area contributed by atoms with E-state index in [1.165, 1.54) is 36.8 Å². The summed E-state index contributed by atoms with van der Waals surface area (Å²) in [5, 5.41) is 0.888. The number of nitrogens with two attached hydrogens (primary N) is 1. The number of benzene rings is 1. The first-order chi connectivity index (χ1) is 8.78. The molecule has 2 N–H and O–H groups in total. The zero-order valence-corrected chi connectivity index (χ0v) is 12.2. The van der Waals surface area contributed by atoms with E-state index in [4.69, 9.17) is 5.73 Å². The molecule has 1 unspecified atom stereocenters. The largest absolute Gasteiger partial charge is 0.327 e. The predicted octanol–water partition coefficient (Wildman–Crippen LogP) is 3.79. The Morgan fingerprint density at radius 2 is 1.78 bits per heavy atom. The van der Waals surface area contributed by atoms with Crippen molar-refractivity contribution in [3.8, 4) is 0 Å². The van der Waals surface area contributed by atoms with Crippen molar-refractivity contribution < 1.29 is 0 Å². The molecule has 1 fully saturated rings. The van der Waals surface area contributed by atoms with Gasteiger partial charge < -0.3 is 5.73 Å². The molecule has 1 nitrogen and oxygen atoms in total. The second-order valence-corrected chi connectivity index (χ2v) is 6.71. The Labute approximate surface area is 116 Å². The second kappa shape index (κ2) is 7.20. The summed E-state index contributed by atoms with van der Waals surface area (Å²) >= 11 is 2.09. The summed E-state index contributed by atoms with van der Waals surface area (Å²) in [6.07, 6.45) is 7.79. The number of aryl methyl sites for hydroxylation is 1. The molecule has 18 heavy (non-hydrogen) atoms. The molecule has 0 heterocycles. The van der Waals surface area contributed by atoms with Crippen LogP contribution < -0.4 is 5.73 Å². The van der Waals surface area contributed by atoms with Gasteiger partial charge in [-0.25, -0.2) is 0 Å². The summed E-state index contributed by atoms with van der Waals surface area (Å²) in [5.41, 5.74) is 9.02. The van der Waals surface area contributed by atoms with Gasteiger partial charge in [-0.1, -0.05) is 44.0 Å². The number of hydrogen-bond donors (Lipinski definition) is 1. The van der Waals surface area contributed by atoms with E-state index in [0.717, 1.165) is 23.8 Å². The molecule has 0 aliphatic heterocycles. The molecule has 0 aromatic heterocycles. The van der Waals surface area contributed by atoms with E-state index in [1.807, 2.05) is 0 Å². The van der Waals surface area contributed by atoms with Gasteiger partial charge in [-0.05, 0) is 36.8 Å². The molecule has 0 radical (unpaired) electrons. The molecule has 0 bridgehead atoms. The third-order valence-corrected chi connectivity index (χ3v) is 5.34. The number of rotatable bonds is 6. The molecule has 0 spiro atoms. The summed E-state index contributed by atoms with van der Waals surface area (Å²) in [6.45, 7) is 2.19. The Balaban J connectivity index is 1.73. The van der Waals surface area contributed by atoms with E-state index < -0.39 is 0 Å². The number of hydrogen-bond acceptors (Lipinski definition) is 2. The van der Waals surface area contributed by atoms with Crippen LogP contribution in [-0.2, 0) is 12.8 Å². The standard InChI is InChI=1S/C16H25NS/c1-2-13-7-9-14(10-8-13)11-15(17)12-18-16-5-3-4-6-16/h7-10,15-16H,2-6,11-12,17H2,1H3. The Morgan fingerprint density at radius 3 is 2.39 bits per heavy atom. The molecule has 1 saturated carbocycles. The summed E-state index contributed by atoms with van der Waals surface area (Å²) in [5.74, 6) is 1.11. The lowest BCUT2D eigenvalue weighted by Crippen LogP contribution is -2.26. The van der Waals surface area contributed by atoms with Crippen molar-refractivity contribution in [1.82, 2.24) is 0 Å². The summed E-state index contributed by atoms with van der Waals surface area (Å²) in [7, 11) is 0. The van der Waals surface area contributed by atoms with Crippen molar-refractivity contribution in [3.63, 3.8) is 0 Å². The smallest absolute Gasteiger partial charge is 0.0171 e. The highest BCUT2D eigenvalue weighted by atomic mass is 32.2. The van der Waals surface area contributed by atoms with Crippen LogP contribution in [0.4, 0.5) is 0 Å². The topological polar surface area (TPSA) is 26.0 Å². The van der Waals surface area contributed by atoms with Crippen LogP contribution in [0.5, 0.6) is 0 Å². The number of thioether (sulfide) groups is 1. The van der Waals surface area contributed by atoms with E-state index in [9.17, 15) is 0 Å². The molecule has 2 heteroatoms. The maximum absolute atomic E-state index is 6.23. The van der Waals surface area contributed by atoms with Crippen LogP contribution in [0.25, 0.3) is 0 Å². The van der Waals surface area contributed by atoms with Gasteiger partial charge in [0, 0.05) is 17.0 Å². The normalized spacial score (nSPS) is 18.1. The monoisotopic (exact) mass is 263 g/mol. The van der Waals surface area contributed by atoms with Gasteiger partial charge in [0.05, 0.1) is 0 Å². The van der Waals surface area contributed by atoms with Gasteiger partial charge in [0.2, 0.25) is 0 Å². The fraction of sp³-hybridized carbons (Fsp3) is 0.625. The Bertz CT molecular complexity index is 341. The summed E-state index contributed by atoms with van der Waals surface area (Å²) in [6, 6.07) is 9.24. The van der Waals surface area contributed by atoms with Gasteiger partial charge in [0.25, 0.3) is 0 Å². The summed E-state index contributed by atoms with van der Waals surface area (Å²) in [4.78, 5) is 0. The van der Waals surface area contributed by atoms with Crippen LogP contribution in [0.3, 0.4) is 0 Å². The minimum absolute atomic E-state index is 0.308. The summed E-state index contributed by atoms with van der Waals surface area (Å²) < 4.78 is 0.